The zero-order chi connectivity index (χ0) is 12.6. The highest BCUT2D eigenvalue weighted by atomic mass is 79.9. The Balaban J connectivity index is 2.42. The fraction of sp³-hybridized carbons (Fsp3) is 0.0909. The molecule has 1 aromatic heterocycles. The summed E-state index contributed by atoms with van der Waals surface area (Å²) in [6.07, 6.45) is 0. The maximum Gasteiger partial charge on any atom is 0.0843 e. The molecule has 0 saturated heterocycles. The largest absolute Gasteiger partial charge is 0.320 e. The first-order chi connectivity index (χ1) is 7.99. The lowest BCUT2D eigenvalue weighted by molar-refractivity contribution is 0.887. The zero-order valence-electron chi connectivity index (χ0n) is 8.38. The Bertz CT molecular complexity index is 536. The van der Waals surface area contributed by atoms with E-state index in [-0.39, 0.29) is 6.04 Å². The third-order valence-electron chi connectivity index (χ3n) is 2.26. The first-order valence-electron chi connectivity index (χ1n) is 4.64. The second-order valence-electron chi connectivity index (χ2n) is 3.41. The molecule has 2 N–H and O–H groups in total. The van der Waals surface area contributed by atoms with E-state index in [1.54, 1.807) is 11.3 Å². The number of hydrogen-bond acceptors (Lipinski definition) is 2. The molecule has 1 aromatic carbocycles. The molecule has 17 heavy (non-hydrogen) atoms. The summed E-state index contributed by atoms with van der Waals surface area (Å²) in [5.41, 5.74) is 7.23. The number of benzene rings is 1. The maximum atomic E-state index is 6.25. The molecule has 1 unspecified atom stereocenters. The van der Waals surface area contributed by atoms with Crippen molar-refractivity contribution in [1.82, 2.24) is 0 Å². The molecule has 0 spiro atoms. The lowest BCUT2D eigenvalue weighted by Crippen LogP contribution is -2.10. The molecule has 0 aliphatic rings. The zero-order valence-corrected chi connectivity index (χ0v) is 14.7. The minimum Gasteiger partial charge on any atom is -0.320 e. The van der Waals surface area contributed by atoms with E-state index >= 15 is 0 Å². The van der Waals surface area contributed by atoms with Gasteiger partial charge in [0.1, 0.15) is 0 Å². The van der Waals surface area contributed by atoms with Gasteiger partial charge in [0.15, 0.2) is 0 Å². The van der Waals surface area contributed by atoms with Crippen molar-refractivity contribution in [3.8, 4) is 0 Å². The van der Waals surface area contributed by atoms with Crippen LogP contribution < -0.4 is 5.73 Å². The Labute approximate surface area is 134 Å². The van der Waals surface area contributed by atoms with Gasteiger partial charge in [-0.15, -0.1) is 11.3 Å². The van der Waals surface area contributed by atoms with Gasteiger partial charge in [-0.25, -0.2) is 0 Å². The van der Waals surface area contributed by atoms with Crippen molar-refractivity contribution < 1.29 is 0 Å². The Hall–Kier alpha value is 0.610. The van der Waals surface area contributed by atoms with E-state index < -0.39 is 0 Å². The predicted molar refractivity (Wildman–Crippen MR) is 84.9 cm³/mol. The Morgan fingerprint density at radius 1 is 1.12 bits per heavy atom. The molecular weight excluding hydrogens is 453 g/mol. The van der Waals surface area contributed by atoms with Crippen LogP contribution >= 0.6 is 70.7 Å². The monoisotopic (exact) mass is 457 g/mol. The summed E-state index contributed by atoms with van der Waals surface area (Å²) in [5.74, 6) is 0. The molecule has 0 aliphatic carbocycles. The van der Waals surface area contributed by atoms with Gasteiger partial charge in [-0.1, -0.05) is 27.5 Å². The number of rotatable bonds is 2. The lowest BCUT2D eigenvalue weighted by Gasteiger charge is -2.12. The lowest BCUT2D eigenvalue weighted by atomic mass is 10.1. The highest BCUT2D eigenvalue weighted by molar-refractivity contribution is 9.13. The van der Waals surface area contributed by atoms with Gasteiger partial charge in [-0.2, -0.15) is 0 Å². The van der Waals surface area contributed by atoms with Crippen LogP contribution in [0.3, 0.4) is 0 Å². The second kappa shape index (κ2) is 5.72. The Kier molecular flexibility index (Phi) is 4.72. The van der Waals surface area contributed by atoms with E-state index in [9.17, 15) is 0 Å². The fourth-order valence-corrected chi connectivity index (χ4v) is 4.21. The molecule has 1 atom stereocenters. The summed E-state index contributed by atoms with van der Waals surface area (Å²) < 4.78 is 3.03. The average Bonchev–Trinajstić information content (AvgIpc) is 2.62. The van der Waals surface area contributed by atoms with Crippen LogP contribution in [-0.2, 0) is 0 Å². The Morgan fingerprint density at radius 2 is 1.82 bits per heavy atom. The number of hydrogen-bond donors (Lipinski definition) is 1. The van der Waals surface area contributed by atoms with Gasteiger partial charge in [-0.3, -0.25) is 0 Å². The van der Waals surface area contributed by atoms with Crippen LogP contribution in [0.25, 0.3) is 0 Å². The molecule has 2 aromatic rings. The maximum absolute atomic E-state index is 6.25. The van der Waals surface area contributed by atoms with E-state index in [1.165, 1.54) is 0 Å². The first-order valence-corrected chi connectivity index (χ1v) is 8.21. The van der Waals surface area contributed by atoms with Gasteiger partial charge in [0.25, 0.3) is 0 Å². The molecule has 0 bridgehead atoms. The number of nitrogens with two attached hydrogens (primary N) is 1. The van der Waals surface area contributed by atoms with E-state index in [0.717, 1.165) is 23.2 Å². The van der Waals surface area contributed by atoms with Gasteiger partial charge in [0, 0.05) is 18.8 Å². The van der Waals surface area contributed by atoms with Crippen molar-refractivity contribution in [2.45, 2.75) is 6.04 Å². The van der Waals surface area contributed by atoms with Crippen molar-refractivity contribution in [3.05, 3.63) is 52.5 Å². The normalized spacial score (nSPS) is 12.8. The molecule has 1 nitrogen and oxygen atoms in total. The minimum absolute atomic E-state index is 0.185. The van der Waals surface area contributed by atoms with Crippen LogP contribution in [0.4, 0.5) is 0 Å². The summed E-state index contributed by atoms with van der Waals surface area (Å²) >= 11 is 18.0. The summed E-state index contributed by atoms with van der Waals surface area (Å²) in [5, 5.41) is 0.688. The summed E-state index contributed by atoms with van der Waals surface area (Å²) in [7, 11) is 0. The topological polar surface area (TPSA) is 26.0 Å². The third-order valence-corrected chi connectivity index (χ3v) is 6.56. The first kappa shape index (κ1) is 14.0. The molecule has 0 radical (unpaired) electrons. The SMILES string of the molecule is NC(c1cc(Br)c(Br)s1)c1cc(Cl)ccc1Br. The molecule has 0 amide bonds. The standard InChI is InChI=1S/C11H7Br3ClNS/c12-7-2-1-5(15)3-6(7)10(16)9-4-8(13)11(14)17-9/h1-4,10H,16H2. The van der Waals surface area contributed by atoms with E-state index in [2.05, 4.69) is 47.8 Å². The molecule has 0 saturated carbocycles. The van der Waals surface area contributed by atoms with Crippen molar-refractivity contribution in [3.63, 3.8) is 0 Å². The third kappa shape index (κ3) is 3.14. The van der Waals surface area contributed by atoms with Gasteiger partial charge < -0.3 is 5.73 Å². The summed E-state index contributed by atoms with van der Waals surface area (Å²) in [6, 6.07) is 7.47. The molecule has 0 fully saturated rings. The molecule has 1 heterocycles. The highest BCUT2D eigenvalue weighted by Gasteiger charge is 2.16. The van der Waals surface area contributed by atoms with Crippen LogP contribution in [0.5, 0.6) is 0 Å². The fourth-order valence-electron chi connectivity index (χ4n) is 1.42. The van der Waals surface area contributed by atoms with Crippen LogP contribution in [0.1, 0.15) is 16.5 Å². The average molecular weight is 460 g/mol. The molecule has 0 aliphatic heterocycles. The predicted octanol–water partition coefficient (Wildman–Crippen LogP) is 5.74. The smallest absolute Gasteiger partial charge is 0.0843 e. The quantitative estimate of drug-likeness (QED) is 0.608. The van der Waals surface area contributed by atoms with Crippen LogP contribution in [-0.4, -0.2) is 0 Å². The van der Waals surface area contributed by atoms with Crippen LogP contribution in [0, 0.1) is 0 Å². The Morgan fingerprint density at radius 3 is 2.41 bits per heavy atom. The highest BCUT2D eigenvalue weighted by Crippen LogP contribution is 2.38. The van der Waals surface area contributed by atoms with Gasteiger partial charge in [0.05, 0.1) is 9.83 Å². The minimum atomic E-state index is -0.185. The molecule has 6 heteroatoms. The number of halogens is 4. The molecular formula is C11H7Br3ClNS. The number of thiophene rings is 1. The van der Waals surface area contributed by atoms with Crippen molar-refractivity contribution in [2.24, 2.45) is 5.73 Å². The summed E-state index contributed by atoms with van der Waals surface area (Å²) in [6.45, 7) is 0. The summed E-state index contributed by atoms with van der Waals surface area (Å²) in [4.78, 5) is 1.08. The van der Waals surface area contributed by atoms with Crippen LogP contribution in [0.2, 0.25) is 5.02 Å². The van der Waals surface area contributed by atoms with Gasteiger partial charge >= 0.3 is 0 Å². The van der Waals surface area contributed by atoms with Crippen molar-refractivity contribution in [2.75, 3.05) is 0 Å². The van der Waals surface area contributed by atoms with E-state index in [1.807, 2.05) is 24.3 Å². The van der Waals surface area contributed by atoms with Gasteiger partial charge in [-0.05, 0) is 61.7 Å². The van der Waals surface area contributed by atoms with E-state index in [0.29, 0.717) is 5.02 Å². The molecule has 2 rings (SSSR count). The second-order valence-corrected chi connectivity index (χ2v) is 7.96. The van der Waals surface area contributed by atoms with Crippen molar-refractivity contribution >= 4 is 70.7 Å². The van der Waals surface area contributed by atoms with Gasteiger partial charge in [0.2, 0.25) is 0 Å². The van der Waals surface area contributed by atoms with Crippen LogP contribution in [0.15, 0.2) is 37.0 Å². The van der Waals surface area contributed by atoms with Crippen molar-refractivity contribution in [1.29, 1.82) is 0 Å². The molecule has 90 valence electrons. The van der Waals surface area contributed by atoms with E-state index in [4.69, 9.17) is 17.3 Å².